The zero-order valence-electron chi connectivity index (χ0n) is 5.76. The van der Waals surface area contributed by atoms with Crippen molar-refractivity contribution in [1.29, 1.82) is 0 Å². The van der Waals surface area contributed by atoms with E-state index in [0.717, 1.165) is 5.56 Å². The summed E-state index contributed by atoms with van der Waals surface area (Å²) >= 11 is 2.96. The first-order chi connectivity index (χ1) is 5.43. The minimum atomic E-state index is 0.989. The second kappa shape index (κ2) is 4.61. The average molecular weight is 205 g/mol. The number of benzene rings is 1. The van der Waals surface area contributed by atoms with Crippen molar-refractivity contribution < 1.29 is 0 Å². The lowest BCUT2D eigenvalue weighted by Crippen LogP contribution is -1.68. The van der Waals surface area contributed by atoms with Crippen LogP contribution in [0.3, 0.4) is 0 Å². The van der Waals surface area contributed by atoms with Crippen LogP contribution in [0.1, 0.15) is 5.56 Å². The molecule has 0 amide bonds. The zero-order valence-corrected chi connectivity index (χ0v) is 7.35. The second-order valence-corrected chi connectivity index (χ2v) is 2.23. The van der Waals surface area contributed by atoms with Crippen LogP contribution in [0, 0.1) is 22.6 Å². The third kappa shape index (κ3) is 2.94. The molecule has 1 aromatic carbocycles. The van der Waals surface area contributed by atoms with Crippen LogP contribution in [0.4, 0.5) is 0 Å². The molecule has 52 valence electrons. The molecule has 0 atom stereocenters. The van der Waals surface area contributed by atoms with Crippen molar-refractivity contribution in [3.63, 3.8) is 0 Å². The lowest BCUT2D eigenvalue weighted by molar-refractivity contribution is 1.65. The molecule has 0 aliphatic heterocycles. The predicted octanol–water partition coefficient (Wildman–Crippen LogP) is 2.39. The Morgan fingerprint density at radius 3 is 2.36 bits per heavy atom. The molecule has 1 rings (SSSR count). The van der Waals surface area contributed by atoms with Crippen molar-refractivity contribution in [2.75, 3.05) is 0 Å². The maximum absolute atomic E-state index is 2.96. The van der Waals surface area contributed by atoms with E-state index >= 15 is 0 Å². The molecule has 0 aromatic heterocycles. The van der Waals surface area contributed by atoms with Gasteiger partial charge in [0.25, 0.3) is 0 Å². The maximum Gasteiger partial charge on any atom is 0.0255 e. The van der Waals surface area contributed by atoms with E-state index in [2.05, 4.69) is 38.5 Å². The van der Waals surface area contributed by atoms with Crippen LogP contribution in [-0.2, 0) is 0 Å². The van der Waals surface area contributed by atoms with Crippen molar-refractivity contribution in [2.24, 2.45) is 0 Å². The fraction of sp³-hybridized carbons (Fsp3) is 0. The van der Waals surface area contributed by atoms with Crippen LogP contribution in [0.25, 0.3) is 0 Å². The van der Waals surface area contributed by atoms with E-state index < -0.39 is 0 Å². The van der Waals surface area contributed by atoms with Crippen molar-refractivity contribution in [3.05, 3.63) is 35.9 Å². The molecule has 0 heterocycles. The highest BCUT2D eigenvalue weighted by atomic mass is 79.9. The molecule has 0 fully saturated rings. The lowest BCUT2D eigenvalue weighted by Gasteiger charge is -1.83. The zero-order chi connectivity index (χ0) is 7.94. The third-order valence-corrected chi connectivity index (χ3v) is 1.29. The summed E-state index contributed by atoms with van der Waals surface area (Å²) in [6.07, 6.45) is 0. The molecule has 0 nitrogen and oxygen atoms in total. The van der Waals surface area contributed by atoms with Gasteiger partial charge >= 0.3 is 0 Å². The smallest absolute Gasteiger partial charge is 0.0255 e. The van der Waals surface area contributed by atoms with Gasteiger partial charge < -0.3 is 0 Å². The molecule has 0 bridgehead atoms. The number of hydrogen-bond acceptors (Lipinski definition) is 0. The van der Waals surface area contributed by atoms with Gasteiger partial charge in [-0.15, -0.1) is 0 Å². The second-order valence-electron chi connectivity index (χ2n) is 1.84. The molecular formula is C10H5Br. The van der Waals surface area contributed by atoms with Crippen molar-refractivity contribution in [2.45, 2.75) is 0 Å². The minimum absolute atomic E-state index is 0.989. The highest BCUT2D eigenvalue weighted by Crippen LogP contribution is 1.93. The van der Waals surface area contributed by atoms with E-state index in [-0.39, 0.29) is 0 Å². The number of rotatable bonds is 0. The van der Waals surface area contributed by atoms with Crippen molar-refractivity contribution in [1.82, 2.24) is 0 Å². The average Bonchev–Trinajstić information content (AvgIpc) is 2.07. The molecular weight excluding hydrogens is 200 g/mol. The summed E-state index contributed by atoms with van der Waals surface area (Å²) in [5.74, 6) is 8.19. The summed E-state index contributed by atoms with van der Waals surface area (Å²) in [7, 11) is 0. The Morgan fingerprint density at radius 1 is 1.00 bits per heavy atom. The normalized spacial score (nSPS) is 7.00. The fourth-order valence-corrected chi connectivity index (χ4v) is 0.748. The largest absolute Gasteiger partial charge is 0.0622 e. The summed E-state index contributed by atoms with van der Waals surface area (Å²) in [6.45, 7) is 0. The topological polar surface area (TPSA) is 0 Å². The molecule has 0 aliphatic carbocycles. The monoisotopic (exact) mass is 204 g/mol. The molecule has 0 radical (unpaired) electrons. The van der Waals surface area contributed by atoms with E-state index in [4.69, 9.17) is 0 Å². The van der Waals surface area contributed by atoms with E-state index in [1.54, 1.807) is 0 Å². The van der Waals surface area contributed by atoms with Crippen LogP contribution < -0.4 is 0 Å². The van der Waals surface area contributed by atoms with Gasteiger partial charge in [0.15, 0.2) is 0 Å². The first-order valence-electron chi connectivity index (χ1n) is 3.10. The van der Waals surface area contributed by atoms with Crippen LogP contribution in [0.5, 0.6) is 0 Å². The Labute approximate surface area is 74.8 Å². The lowest BCUT2D eigenvalue weighted by atomic mass is 10.2. The quantitative estimate of drug-likeness (QED) is 0.570. The van der Waals surface area contributed by atoms with Crippen LogP contribution in [0.15, 0.2) is 30.3 Å². The van der Waals surface area contributed by atoms with Gasteiger partial charge in [-0.25, -0.2) is 0 Å². The number of halogens is 1. The van der Waals surface area contributed by atoms with Gasteiger partial charge in [0.1, 0.15) is 0 Å². The molecule has 11 heavy (non-hydrogen) atoms. The SMILES string of the molecule is BrC#CC#Cc1ccccc1. The van der Waals surface area contributed by atoms with Gasteiger partial charge in [-0.2, -0.15) is 0 Å². The van der Waals surface area contributed by atoms with Crippen molar-refractivity contribution >= 4 is 15.9 Å². The molecule has 0 spiro atoms. The predicted molar refractivity (Wildman–Crippen MR) is 50.0 cm³/mol. The summed E-state index contributed by atoms with van der Waals surface area (Å²) in [6, 6.07) is 9.75. The third-order valence-electron chi connectivity index (χ3n) is 1.09. The van der Waals surface area contributed by atoms with Crippen LogP contribution >= 0.6 is 15.9 Å². The molecule has 0 saturated carbocycles. The minimum Gasteiger partial charge on any atom is -0.0622 e. The maximum atomic E-state index is 2.96. The Morgan fingerprint density at radius 2 is 1.73 bits per heavy atom. The summed E-state index contributed by atoms with van der Waals surface area (Å²) in [4.78, 5) is 2.53. The number of hydrogen-bond donors (Lipinski definition) is 0. The van der Waals surface area contributed by atoms with Gasteiger partial charge in [0, 0.05) is 21.5 Å². The molecule has 0 aliphatic rings. The van der Waals surface area contributed by atoms with E-state index in [9.17, 15) is 0 Å². The Hall–Kier alpha value is -1.18. The fourth-order valence-electron chi connectivity index (χ4n) is 0.649. The van der Waals surface area contributed by atoms with Crippen LogP contribution in [0.2, 0.25) is 0 Å². The Balaban J connectivity index is 2.80. The van der Waals surface area contributed by atoms with Gasteiger partial charge in [-0.3, -0.25) is 0 Å². The highest BCUT2D eigenvalue weighted by molar-refractivity contribution is 9.12. The standard InChI is InChI=1S/C10H5Br/c11-9-5-4-8-10-6-2-1-3-7-10/h1-3,6-7H. The molecule has 1 heteroatoms. The van der Waals surface area contributed by atoms with Crippen LogP contribution in [-0.4, -0.2) is 0 Å². The van der Waals surface area contributed by atoms with Gasteiger partial charge in [-0.1, -0.05) is 24.1 Å². The van der Waals surface area contributed by atoms with Gasteiger partial charge in [0.2, 0.25) is 0 Å². The Kier molecular flexibility index (Phi) is 3.32. The molecule has 0 saturated heterocycles. The molecule has 1 aromatic rings. The summed E-state index contributed by atoms with van der Waals surface area (Å²) in [5.41, 5.74) is 0.989. The first kappa shape index (κ1) is 7.92. The summed E-state index contributed by atoms with van der Waals surface area (Å²) in [5, 5.41) is 0. The van der Waals surface area contributed by atoms with Gasteiger partial charge in [0.05, 0.1) is 0 Å². The molecule has 0 N–H and O–H groups in total. The van der Waals surface area contributed by atoms with Crippen molar-refractivity contribution in [3.8, 4) is 22.6 Å². The van der Waals surface area contributed by atoms with E-state index in [1.807, 2.05) is 30.3 Å². The van der Waals surface area contributed by atoms with E-state index in [0.29, 0.717) is 0 Å². The Bertz CT molecular complexity index is 330. The first-order valence-corrected chi connectivity index (χ1v) is 3.89. The summed E-state index contributed by atoms with van der Waals surface area (Å²) < 4.78 is 0. The van der Waals surface area contributed by atoms with Gasteiger partial charge in [-0.05, 0) is 28.8 Å². The molecule has 0 unspecified atom stereocenters. The van der Waals surface area contributed by atoms with E-state index in [1.165, 1.54) is 0 Å². The highest BCUT2D eigenvalue weighted by Gasteiger charge is 1.78.